The molecule has 0 spiro atoms. The number of azide groups is 1. The minimum absolute atomic E-state index is 0.157. The van der Waals surface area contributed by atoms with Crippen molar-refractivity contribution in [3.05, 3.63) is 88.3 Å². The lowest BCUT2D eigenvalue weighted by atomic mass is 9.78. The predicted octanol–water partition coefficient (Wildman–Crippen LogP) is 3.67. The minimum Gasteiger partial charge on any atom is -0.481 e. The molecule has 1 unspecified atom stereocenters. The van der Waals surface area contributed by atoms with Crippen LogP contribution < -0.4 is 14.2 Å². The van der Waals surface area contributed by atoms with Gasteiger partial charge in [-0.3, -0.25) is 0 Å². The molecule has 0 bridgehead atoms. The molecule has 32 heavy (non-hydrogen) atoms. The molecule has 1 atom stereocenters. The number of aromatic nitrogens is 2. The lowest BCUT2D eigenvalue weighted by Gasteiger charge is -2.35. The van der Waals surface area contributed by atoms with Gasteiger partial charge in [0.1, 0.15) is 5.54 Å². The molecule has 0 amide bonds. The zero-order chi connectivity index (χ0) is 23.0. The zero-order valence-electron chi connectivity index (χ0n) is 17.7. The molecule has 0 fully saturated rings. The molecular weight excluding hydrogens is 414 g/mol. The smallest absolute Gasteiger partial charge is 0.348 e. The Balaban J connectivity index is 2.27. The van der Waals surface area contributed by atoms with Gasteiger partial charge in [-0.1, -0.05) is 65.8 Å². The van der Waals surface area contributed by atoms with Crippen molar-refractivity contribution in [3.63, 3.8) is 0 Å². The van der Waals surface area contributed by atoms with Crippen molar-refractivity contribution >= 4 is 5.97 Å². The molecule has 0 aliphatic heterocycles. The summed E-state index contributed by atoms with van der Waals surface area (Å²) in [5.74, 6) is -0.482. The number of ether oxygens (including phenoxy) is 4. The zero-order valence-corrected chi connectivity index (χ0v) is 17.7. The minimum atomic E-state index is -1.63. The summed E-state index contributed by atoms with van der Waals surface area (Å²) in [7, 11) is 4.05. The van der Waals surface area contributed by atoms with Gasteiger partial charge in [0.25, 0.3) is 0 Å². The Kier molecular flexibility index (Phi) is 7.09. The fourth-order valence-electron chi connectivity index (χ4n) is 3.25. The number of rotatable bonds is 9. The second kappa shape index (κ2) is 10.1. The number of esters is 1. The van der Waals surface area contributed by atoms with Crippen LogP contribution in [0.3, 0.4) is 0 Å². The van der Waals surface area contributed by atoms with E-state index in [0.29, 0.717) is 11.1 Å². The highest BCUT2D eigenvalue weighted by molar-refractivity contribution is 5.78. The first-order valence-corrected chi connectivity index (χ1v) is 9.48. The van der Waals surface area contributed by atoms with Crippen LogP contribution in [0.4, 0.5) is 0 Å². The predicted molar refractivity (Wildman–Crippen MR) is 114 cm³/mol. The molecular formula is C22H21N5O5. The average molecular weight is 435 g/mol. The molecule has 0 aliphatic carbocycles. The second-order valence-electron chi connectivity index (χ2n) is 6.44. The van der Waals surface area contributed by atoms with E-state index in [1.165, 1.54) is 27.4 Å². The van der Waals surface area contributed by atoms with Crippen LogP contribution in [0.1, 0.15) is 11.1 Å². The van der Waals surface area contributed by atoms with Crippen molar-refractivity contribution in [2.75, 3.05) is 21.3 Å². The van der Waals surface area contributed by atoms with E-state index in [-0.39, 0.29) is 17.8 Å². The van der Waals surface area contributed by atoms with E-state index < -0.39 is 17.6 Å². The average Bonchev–Trinajstić information content (AvgIpc) is 2.86. The molecule has 1 aromatic heterocycles. The summed E-state index contributed by atoms with van der Waals surface area (Å²) in [6.07, 6.45) is -1.48. The summed E-state index contributed by atoms with van der Waals surface area (Å²) < 4.78 is 21.3. The van der Waals surface area contributed by atoms with Gasteiger partial charge in [0, 0.05) is 4.91 Å². The number of benzene rings is 2. The molecule has 0 aliphatic rings. The van der Waals surface area contributed by atoms with Gasteiger partial charge in [0.05, 0.1) is 27.4 Å². The van der Waals surface area contributed by atoms with Gasteiger partial charge in [-0.15, -0.1) is 0 Å². The number of nitrogens with zero attached hydrogens (tertiary/aromatic N) is 5. The highest BCUT2D eigenvalue weighted by Crippen LogP contribution is 2.40. The van der Waals surface area contributed by atoms with Gasteiger partial charge >= 0.3 is 12.0 Å². The van der Waals surface area contributed by atoms with Gasteiger partial charge in [-0.2, -0.15) is 9.97 Å². The number of carbonyl (C=O) groups excluding carboxylic acids is 1. The molecule has 3 aromatic rings. The molecule has 0 radical (unpaired) electrons. The maximum absolute atomic E-state index is 13.0. The molecule has 3 rings (SSSR count). The lowest BCUT2D eigenvalue weighted by Crippen LogP contribution is -2.48. The van der Waals surface area contributed by atoms with Gasteiger partial charge in [-0.05, 0) is 16.7 Å². The van der Waals surface area contributed by atoms with Gasteiger partial charge in [-0.25, -0.2) is 4.79 Å². The molecule has 0 saturated carbocycles. The maximum atomic E-state index is 13.0. The summed E-state index contributed by atoms with van der Waals surface area (Å²) >= 11 is 0. The monoisotopic (exact) mass is 435 g/mol. The molecule has 0 saturated heterocycles. The summed E-state index contributed by atoms with van der Waals surface area (Å²) in [5.41, 5.74) is 8.92. The highest BCUT2D eigenvalue weighted by Gasteiger charge is 2.49. The van der Waals surface area contributed by atoms with E-state index in [9.17, 15) is 10.3 Å². The molecule has 0 N–H and O–H groups in total. The first-order valence-electron chi connectivity index (χ1n) is 9.48. The maximum Gasteiger partial charge on any atom is 0.348 e. The van der Waals surface area contributed by atoms with Crippen molar-refractivity contribution in [3.8, 4) is 17.8 Å². The molecule has 10 heteroatoms. The van der Waals surface area contributed by atoms with Crippen molar-refractivity contribution in [1.82, 2.24) is 9.97 Å². The number of carbonyl (C=O) groups is 1. The number of methoxy groups -OCH3 is 3. The highest BCUT2D eigenvalue weighted by atomic mass is 16.6. The van der Waals surface area contributed by atoms with Crippen LogP contribution in [0.2, 0.25) is 0 Å². The number of hydrogen-bond acceptors (Lipinski definition) is 8. The first-order chi connectivity index (χ1) is 15.6. The standard InChI is InChI=1S/C22H21N5O5/c1-29-17-14-18(30-2)25-21(24-17)32-19(20(28)31-3)22(26-27-23,15-10-6-4-7-11-15)16-12-8-5-9-13-16/h4-14,19H,1-3H3. The molecule has 1 heterocycles. The van der Waals surface area contributed by atoms with E-state index in [4.69, 9.17) is 18.9 Å². The fourth-order valence-corrected chi connectivity index (χ4v) is 3.25. The van der Waals surface area contributed by atoms with E-state index >= 15 is 0 Å². The Morgan fingerprint density at radius 2 is 1.44 bits per heavy atom. The van der Waals surface area contributed by atoms with Crippen LogP contribution in [-0.4, -0.2) is 43.4 Å². The Morgan fingerprint density at radius 3 is 1.84 bits per heavy atom. The fraction of sp³-hybridized carbons (Fsp3) is 0.227. The third-order valence-corrected chi connectivity index (χ3v) is 4.73. The second-order valence-corrected chi connectivity index (χ2v) is 6.44. The van der Waals surface area contributed by atoms with Crippen molar-refractivity contribution in [2.45, 2.75) is 11.6 Å². The number of hydrogen-bond donors (Lipinski definition) is 0. The summed E-state index contributed by atoms with van der Waals surface area (Å²) in [6.45, 7) is 0. The van der Waals surface area contributed by atoms with Gasteiger partial charge in [0.2, 0.25) is 17.9 Å². The van der Waals surface area contributed by atoms with Crippen LogP contribution in [0, 0.1) is 0 Å². The first kappa shape index (κ1) is 22.4. The largest absolute Gasteiger partial charge is 0.481 e. The summed E-state index contributed by atoms with van der Waals surface area (Å²) in [4.78, 5) is 24.4. The SMILES string of the molecule is COC(=O)C(Oc1nc(OC)cc(OC)n1)C(N=[N+]=[N-])(c1ccccc1)c1ccccc1. The van der Waals surface area contributed by atoms with Crippen molar-refractivity contribution < 1.29 is 23.7 Å². The lowest BCUT2D eigenvalue weighted by molar-refractivity contribution is -0.152. The molecule has 164 valence electrons. The van der Waals surface area contributed by atoms with E-state index in [0.717, 1.165) is 0 Å². The van der Waals surface area contributed by atoms with Gasteiger partial charge < -0.3 is 18.9 Å². The quantitative estimate of drug-likeness (QED) is 0.217. The van der Waals surface area contributed by atoms with Crippen LogP contribution in [-0.2, 0) is 15.1 Å². The summed E-state index contributed by atoms with van der Waals surface area (Å²) in [6, 6.07) is 18.8. The molecule has 2 aromatic carbocycles. The Morgan fingerprint density at radius 1 is 0.938 bits per heavy atom. The Bertz CT molecular complexity index is 1040. The Hall–Kier alpha value is -4.30. The van der Waals surface area contributed by atoms with Crippen LogP contribution in [0.15, 0.2) is 71.8 Å². The summed E-state index contributed by atoms with van der Waals surface area (Å²) in [5, 5.41) is 4.08. The van der Waals surface area contributed by atoms with Gasteiger partial charge in [0.15, 0.2) is 0 Å². The van der Waals surface area contributed by atoms with Crippen LogP contribution >= 0.6 is 0 Å². The third-order valence-electron chi connectivity index (χ3n) is 4.73. The topological polar surface area (TPSA) is 129 Å². The van der Waals surface area contributed by atoms with E-state index in [2.05, 4.69) is 20.0 Å². The van der Waals surface area contributed by atoms with E-state index in [1.807, 2.05) is 0 Å². The van der Waals surface area contributed by atoms with Crippen LogP contribution in [0.5, 0.6) is 17.8 Å². The third kappa shape index (κ3) is 4.40. The van der Waals surface area contributed by atoms with Crippen molar-refractivity contribution in [1.29, 1.82) is 0 Å². The van der Waals surface area contributed by atoms with E-state index in [1.54, 1.807) is 60.7 Å². The molecule has 10 nitrogen and oxygen atoms in total. The van der Waals surface area contributed by atoms with Crippen LogP contribution in [0.25, 0.3) is 10.4 Å². The Labute approximate surface area is 184 Å². The normalized spacial score (nSPS) is 11.6. The van der Waals surface area contributed by atoms with Crippen molar-refractivity contribution in [2.24, 2.45) is 5.11 Å².